The van der Waals surface area contributed by atoms with Gasteiger partial charge in [-0.3, -0.25) is 0 Å². The second kappa shape index (κ2) is 16.5. The second-order valence-electron chi connectivity index (χ2n) is 15.1. The first-order valence-corrected chi connectivity index (χ1v) is 20.4. The van der Waals surface area contributed by atoms with Crippen LogP contribution < -0.4 is 4.90 Å². The molecule has 3 nitrogen and oxygen atoms in total. The highest BCUT2D eigenvalue weighted by atomic mass is 15.3. The Morgan fingerprint density at radius 2 is 0.567 bits per heavy atom. The Morgan fingerprint density at radius 1 is 0.283 bits per heavy atom. The van der Waals surface area contributed by atoms with Crippen LogP contribution in [-0.4, -0.2) is 12.2 Å². The molecule has 0 N–H and O–H groups in total. The number of nitrogens with zero attached hydrogens (tertiary/aromatic N) is 3. The Kier molecular flexibility index (Phi) is 10.0. The lowest BCUT2D eigenvalue weighted by molar-refractivity contribution is 0.752. The summed E-state index contributed by atoms with van der Waals surface area (Å²) < 4.78 is 0. The predicted octanol–water partition coefficient (Wildman–Crippen LogP) is 14.7. The zero-order valence-electron chi connectivity index (χ0n) is 33.0. The van der Waals surface area contributed by atoms with Crippen molar-refractivity contribution in [2.75, 3.05) is 4.90 Å². The Morgan fingerprint density at radius 3 is 0.900 bits per heavy atom. The van der Waals surface area contributed by atoms with E-state index in [-0.39, 0.29) is 0 Å². The second-order valence-corrected chi connectivity index (χ2v) is 15.1. The summed E-state index contributed by atoms with van der Waals surface area (Å²) in [7, 11) is 0. The van der Waals surface area contributed by atoms with E-state index in [0.717, 1.165) is 83.6 Å². The van der Waals surface area contributed by atoms with Crippen molar-refractivity contribution in [3.63, 3.8) is 0 Å². The van der Waals surface area contributed by atoms with Gasteiger partial charge < -0.3 is 4.90 Å². The van der Waals surface area contributed by atoms with Crippen molar-refractivity contribution in [1.82, 2.24) is 0 Å². The number of anilines is 1. The van der Waals surface area contributed by atoms with E-state index < -0.39 is 6.17 Å². The topological polar surface area (TPSA) is 28.0 Å². The van der Waals surface area contributed by atoms with Crippen molar-refractivity contribution in [3.8, 4) is 66.8 Å². The summed E-state index contributed by atoms with van der Waals surface area (Å²) in [6.07, 6.45) is 1.54. The molecule has 1 unspecified atom stereocenters. The Balaban J connectivity index is 1.19. The molecule has 0 fully saturated rings. The molecule has 60 heavy (non-hydrogen) atoms. The van der Waals surface area contributed by atoms with Crippen molar-refractivity contribution in [1.29, 1.82) is 0 Å². The van der Waals surface area contributed by atoms with E-state index >= 15 is 0 Å². The highest BCUT2D eigenvalue weighted by molar-refractivity contribution is 6.08. The molecular weight excluding hydrogens is 727 g/mol. The molecule has 1 aliphatic rings. The van der Waals surface area contributed by atoms with Crippen LogP contribution in [0.5, 0.6) is 0 Å². The average molecular weight is 768 g/mol. The van der Waals surface area contributed by atoms with Crippen LogP contribution in [0, 0.1) is 0 Å². The van der Waals surface area contributed by atoms with Gasteiger partial charge in [0.15, 0.2) is 12.0 Å². The fourth-order valence-corrected chi connectivity index (χ4v) is 8.08. The number of aliphatic imine (C=N–C) groups is 2. The zero-order chi connectivity index (χ0) is 40.1. The summed E-state index contributed by atoms with van der Waals surface area (Å²) in [5.74, 6) is 0.681. The van der Waals surface area contributed by atoms with Gasteiger partial charge in [-0.15, -0.1) is 0 Å². The summed E-state index contributed by atoms with van der Waals surface area (Å²) in [4.78, 5) is 13.1. The molecule has 1 atom stereocenters. The molecule has 0 saturated heterocycles. The molecule has 284 valence electrons. The molecule has 0 spiro atoms. The van der Waals surface area contributed by atoms with Crippen LogP contribution in [0.15, 0.2) is 247 Å². The first-order chi connectivity index (χ1) is 29.7. The lowest BCUT2D eigenvalue weighted by atomic mass is 9.94. The maximum Gasteiger partial charge on any atom is 0.158 e. The van der Waals surface area contributed by atoms with Gasteiger partial charge >= 0.3 is 0 Å². The maximum absolute atomic E-state index is 5.67. The lowest BCUT2D eigenvalue weighted by Gasteiger charge is -2.32. The summed E-state index contributed by atoms with van der Waals surface area (Å²) in [5, 5.41) is 0. The van der Waals surface area contributed by atoms with E-state index in [1.807, 2.05) is 6.34 Å². The minimum Gasteiger partial charge on any atom is -0.305 e. The molecule has 0 aromatic heterocycles. The van der Waals surface area contributed by atoms with Crippen molar-refractivity contribution >= 4 is 17.9 Å². The third-order valence-corrected chi connectivity index (χ3v) is 11.1. The van der Waals surface area contributed by atoms with Gasteiger partial charge in [0.2, 0.25) is 0 Å². The highest BCUT2D eigenvalue weighted by Crippen LogP contribution is 2.40. The van der Waals surface area contributed by atoms with Crippen molar-refractivity contribution in [3.05, 3.63) is 248 Å². The molecule has 10 rings (SSSR count). The van der Waals surface area contributed by atoms with Gasteiger partial charge in [0.1, 0.15) is 0 Å². The monoisotopic (exact) mass is 767 g/mol. The number of benzene rings is 9. The molecule has 0 amide bonds. The third-order valence-electron chi connectivity index (χ3n) is 11.1. The van der Waals surface area contributed by atoms with Crippen LogP contribution in [-0.2, 0) is 0 Å². The van der Waals surface area contributed by atoms with Crippen molar-refractivity contribution in [2.45, 2.75) is 6.17 Å². The van der Waals surface area contributed by atoms with E-state index in [1.165, 1.54) is 0 Å². The fraction of sp³-hybridized carbons (Fsp3) is 0.0175. The highest BCUT2D eigenvalue weighted by Gasteiger charge is 2.27. The molecule has 0 bridgehead atoms. The van der Waals surface area contributed by atoms with Gasteiger partial charge in [0, 0.05) is 11.3 Å². The smallest absolute Gasteiger partial charge is 0.158 e. The van der Waals surface area contributed by atoms with Crippen molar-refractivity contribution < 1.29 is 0 Å². The lowest BCUT2D eigenvalue weighted by Crippen LogP contribution is -2.31. The summed E-state index contributed by atoms with van der Waals surface area (Å²) in [5.41, 5.74) is 16.6. The van der Waals surface area contributed by atoms with Crippen LogP contribution in [0.4, 0.5) is 5.69 Å². The molecule has 1 aliphatic heterocycles. The minimum absolute atomic E-state index is 0.446. The van der Waals surface area contributed by atoms with E-state index in [4.69, 9.17) is 9.98 Å². The molecule has 3 heteroatoms. The van der Waals surface area contributed by atoms with Crippen LogP contribution in [0.1, 0.15) is 17.3 Å². The largest absolute Gasteiger partial charge is 0.305 e. The quantitative estimate of drug-likeness (QED) is 0.144. The minimum atomic E-state index is -0.446. The van der Waals surface area contributed by atoms with Crippen LogP contribution in [0.2, 0.25) is 0 Å². The first kappa shape index (κ1) is 36.5. The third kappa shape index (κ3) is 7.72. The van der Waals surface area contributed by atoms with E-state index in [1.54, 1.807) is 0 Å². The van der Waals surface area contributed by atoms with Crippen LogP contribution >= 0.6 is 0 Å². The molecule has 1 heterocycles. The average Bonchev–Trinajstić information content (AvgIpc) is 3.35. The zero-order valence-corrected chi connectivity index (χ0v) is 33.0. The Bertz CT molecular complexity index is 2770. The van der Waals surface area contributed by atoms with Gasteiger partial charge in [-0.05, 0) is 127 Å². The van der Waals surface area contributed by atoms with Crippen molar-refractivity contribution in [2.24, 2.45) is 9.98 Å². The van der Waals surface area contributed by atoms with Crippen LogP contribution in [0.25, 0.3) is 66.8 Å². The van der Waals surface area contributed by atoms with Crippen LogP contribution in [0.3, 0.4) is 0 Å². The molecule has 9 aromatic rings. The molecule has 0 aliphatic carbocycles. The maximum atomic E-state index is 5.67. The molecular formula is C57H41N3. The number of hydrogen-bond donors (Lipinski definition) is 0. The molecule has 9 aromatic carbocycles. The number of rotatable bonds is 9. The summed E-state index contributed by atoms with van der Waals surface area (Å²) >= 11 is 0. The normalized spacial score (nSPS) is 13.5. The Labute approximate surface area is 352 Å². The fourth-order valence-electron chi connectivity index (χ4n) is 8.08. The molecule has 0 saturated carbocycles. The standard InChI is InChI=1S/C57H41N3/c1-7-19-41(20-8-1)47-31-48(42-21-9-2-10-22-42)35-53(34-47)56-58-40-60(55-38-51(45-27-15-5-16-28-45)33-52(39-55)46-29-17-6-18-30-46)57(59-56)54-36-49(43-23-11-3-12-24-43)32-50(37-54)44-25-13-4-14-26-44/h1-40,57H. The van der Waals surface area contributed by atoms with E-state index in [0.29, 0.717) is 5.84 Å². The molecule has 0 radical (unpaired) electrons. The van der Waals surface area contributed by atoms with E-state index in [9.17, 15) is 0 Å². The van der Waals surface area contributed by atoms with Gasteiger partial charge in [0.25, 0.3) is 0 Å². The van der Waals surface area contributed by atoms with Gasteiger partial charge in [-0.1, -0.05) is 182 Å². The number of hydrogen-bond acceptors (Lipinski definition) is 3. The summed E-state index contributed by atoms with van der Waals surface area (Å²) in [6.45, 7) is 0. The first-order valence-electron chi connectivity index (χ1n) is 20.4. The van der Waals surface area contributed by atoms with Gasteiger partial charge in [-0.2, -0.15) is 0 Å². The van der Waals surface area contributed by atoms with Gasteiger partial charge in [-0.25, -0.2) is 9.98 Å². The predicted molar refractivity (Wildman–Crippen MR) is 252 cm³/mol. The van der Waals surface area contributed by atoms with E-state index in [2.05, 4.69) is 241 Å². The summed E-state index contributed by atoms with van der Waals surface area (Å²) in [6, 6.07) is 84.0. The SMILES string of the molecule is C1=NC(c2cc(-c3ccccc3)cc(-c3ccccc3)c2)=NC(c2cc(-c3ccccc3)cc(-c3ccccc3)c2)N1c1cc(-c2ccccc2)cc(-c2ccccc2)c1. The Hall–Kier alpha value is -7.88. The number of amidine groups is 1. The van der Waals surface area contributed by atoms with Gasteiger partial charge in [0.05, 0.1) is 6.34 Å².